The molecule has 0 bridgehead atoms. The number of nitrogens with one attached hydrogen (secondary N) is 1. The number of halogens is 1. The van der Waals surface area contributed by atoms with Gasteiger partial charge in [-0.3, -0.25) is 9.59 Å². The van der Waals surface area contributed by atoms with Gasteiger partial charge in [-0.1, -0.05) is 60.1 Å². The van der Waals surface area contributed by atoms with Crippen LogP contribution in [0.2, 0.25) is 5.02 Å². The lowest BCUT2D eigenvalue weighted by Gasteiger charge is -2.12. The lowest BCUT2D eigenvalue weighted by atomic mass is 10.1. The number of fused-ring (bicyclic) bond motifs is 1. The first-order chi connectivity index (χ1) is 13.1. The van der Waals surface area contributed by atoms with Crippen LogP contribution in [0.3, 0.4) is 0 Å². The van der Waals surface area contributed by atoms with Crippen LogP contribution in [0.15, 0.2) is 83.7 Å². The van der Waals surface area contributed by atoms with Crippen molar-refractivity contribution in [1.82, 2.24) is 9.78 Å². The highest BCUT2D eigenvalue weighted by molar-refractivity contribution is 6.34. The molecule has 4 aromatic rings. The van der Waals surface area contributed by atoms with Gasteiger partial charge >= 0.3 is 0 Å². The van der Waals surface area contributed by atoms with Crippen molar-refractivity contribution in [2.75, 3.05) is 5.32 Å². The summed E-state index contributed by atoms with van der Waals surface area (Å²) in [7, 11) is 0. The largest absolute Gasteiger partial charge is 0.319 e. The fraction of sp³-hybridized carbons (Fsp3) is 0. The summed E-state index contributed by atoms with van der Waals surface area (Å²) >= 11 is 6.14. The van der Waals surface area contributed by atoms with Crippen molar-refractivity contribution < 1.29 is 4.79 Å². The van der Waals surface area contributed by atoms with Crippen molar-refractivity contribution in [2.24, 2.45) is 0 Å². The molecule has 5 nitrogen and oxygen atoms in total. The number of carbonyl (C=O) groups is 1. The summed E-state index contributed by atoms with van der Waals surface area (Å²) in [5, 5.41) is 8.44. The van der Waals surface area contributed by atoms with Crippen molar-refractivity contribution in [2.45, 2.75) is 0 Å². The average molecular weight is 376 g/mol. The first kappa shape index (κ1) is 17.0. The smallest absolute Gasteiger partial charge is 0.279 e. The number of nitrogens with zero attached hydrogens (tertiary/aromatic N) is 2. The van der Waals surface area contributed by atoms with Crippen LogP contribution in [0.4, 0.5) is 5.69 Å². The Morgan fingerprint density at radius 1 is 0.852 bits per heavy atom. The first-order valence-electron chi connectivity index (χ1n) is 8.28. The predicted octanol–water partition coefficient (Wildman–Crippen LogP) is 4.29. The van der Waals surface area contributed by atoms with Gasteiger partial charge in [0.25, 0.3) is 11.5 Å². The molecule has 3 aromatic carbocycles. The Labute approximate surface area is 159 Å². The third-order valence-corrected chi connectivity index (χ3v) is 4.47. The van der Waals surface area contributed by atoms with Gasteiger partial charge in [0, 0.05) is 5.39 Å². The minimum atomic E-state index is -0.441. The number of anilines is 1. The lowest BCUT2D eigenvalue weighted by molar-refractivity contribution is 0.102. The molecule has 0 saturated heterocycles. The molecule has 0 radical (unpaired) electrons. The zero-order valence-corrected chi connectivity index (χ0v) is 14.9. The summed E-state index contributed by atoms with van der Waals surface area (Å²) in [6.07, 6.45) is 0. The number of hydrogen-bond acceptors (Lipinski definition) is 3. The Balaban J connectivity index is 1.89. The number of aromatic nitrogens is 2. The summed E-state index contributed by atoms with van der Waals surface area (Å²) in [6.45, 7) is 0. The quantitative estimate of drug-likeness (QED) is 0.581. The molecule has 4 rings (SSSR count). The number of carbonyl (C=O) groups excluding carboxylic acids is 1. The number of para-hydroxylation sites is 2. The Morgan fingerprint density at radius 3 is 2.22 bits per heavy atom. The normalized spacial score (nSPS) is 10.7. The standard InChI is InChI=1S/C21H14ClN3O2/c22-17-12-6-7-13-18(17)23-20(26)19-15-10-4-5-11-16(15)21(27)25(24-19)14-8-2-1-3-9-14/h1-13H,(H,23,26). The third kappa shape index (κ3) is 3.20. The first-order valence-corrected chi connectivity index (χ1v) is 8.66. The van der Waals surface area contributed by atoms with Gasteiger partial charge in [-0.05, 0) is 30.3 Å². The minimum absolute atomic E-state index is 0.147. The van der Waals surface area contributed by atoms with Crippen LogP contribution in [0.25, 0.3) is 16.5 Å². The molecule has 0 aliphatic heterocycles. The summed E-state index contributed by atoms with van der Waals surface area (Å²) in [4.78, 5) is 25.8. The molecular weight excluding hydrogens is 362 g/mol. The van der Waals surface area contributed by atoms with Crippen LogP contribution in [-0.4, -0.2) is 15.7 Å². The monoisotopic (exact) mass is 375 g/mol. The molecule has 132 valence electrons. The van der Waals surface area contributed by atoms with E-state index in [1.807, 2.05) is 18.2 Å². The Kier molecular flexibility index (Phi) is 4.44. The maximum atomic E-state index is 12.9. The maximum Gasteiger partial charge on any atom is 0.279 e. The highest BCUT2D eigenvalue weighted by Crippen LogP contribution is 2.22. The van der Waals surface area contributed by atoms with Crippen LogP contribution in [0.5, 0.6) is 0 Å². The number of hydrogen-bond donors (Lipinski definition) is 1. The molecule has 0 unspecified atom stereocenters. The number of amides is 1. The van der Waals surface area contributed by atoms with Crippen LogP contribution >= 0.6 is 11.6 Å². The average Bonchev–Trinajstić information content (AvgIpc) is 2.71. The highest BCUT2D eigenvalue weighted by atomic mass is 35.5. The van der Waals surface area contributed by atoms with Crippen LogP contribution < -0.4 is 10.9 Å². The van der Waals surface area contributed by atoms with Crippen LogP contribution in [0, 0.1) is 0 Å². The molecule has 1 N–H and O–H groups in total. The van der Waals surface area contributed by atoms with Crippen LogP contribution in [0.1, 0.15) is 10.5 Å². The maximum absolute atomic E-state index is 12.9. The molecule has 0 spiro atoms. The van der Waals surface area contributed by atoms with Gasteiger partial charge in [-0.25, -0.2) is 0 Å². The Hall–Kier alpha value is -3.44. The fourth-order valence-corrected chi connectivity index (χ4v) is 3.03. The zero-order chi connectivity index (χ0) is 18.8. The van der Waals surface area contributed by atoms with Crippen molar-refractivity contribution >= 4 is 34.0 Å². The second kappa shape index (κ2) is 7.05. The van der Waals surface area contributed by atoms with E-state index in [0.717, 1.165) is 0 Å². The van der Waals surface area contributed by atoms with E-state index < -0.39 is 5.91 Å². The molecule has 0 saturated carbocycles. The summed E-state index contributed by atoms with van der Waals surface area (Å²) in [6, 6.07) is 22.9. The van der Waals surface area contributed by atoms with E-state index in [1.54, 1.807) is 60.7 Å². The highest BCUT2D eigenvalue weighted by Gasteiger charge is 2.18. The van der Waals surface area contributed by atoms with E-state index >= 15 is 0 Å². The molecule has 1 aromatic heterocycles. The van der Waals surface area contributed by atoms with E-state index in [2.05, 4.69) is 10.4 Å². The second-order valence-corrected chi connectivity index (χ2v) is 6.29. The Bertz CT molecular complexity index is 1200. The fourth-order valence-electron chi connectivity index (χ4n) is 2.85. The van der Waals surface area contributed by atoms with Gasteiger partial charge in [0.15, 0.2) is 5.69 Å². The van der Waals surface area contributed by atoms with Crippen molar-refractivity contribution in [1.29, 1.82) is 0 Å². The SMILES string of the molecule is O=C(Nc1ccccc1Cl)c1nn(-c2ccccc2)c(=O)c2ccccc12. The molecular formula is C21H14ClN3O2. The molecule has 0 atom stereocenters. The van der Waals surface area contributed by atoms with E-state index in [4.69, 9.17) is 11.6 Å². The molecule has 1 heterocycles. The summed E-state index contributed by atoms with van der Waals surface area (Å²) in [5.41, 5.74) is 0.924. The summed E-state index contributed by atoms with van der Waals surface area (Å²) < 4.78 is 1.24. The second-order valence-electron chi connectivity index (χ2n) is 5.88. The van der Waals surface area contributed by atoms with Crippen molar-refractivity contribution in [3.8, 4) is 5.69 Å². The van der Waals surface area contributed by atoms with Crippen molar-refractivity contribution in [3.63, 3.8) is 0 Å². The molecule has 6 heteroatoms. The van der Waals surface area contributed by atoms with Gasteiger partial charge in [0.05, 0.1) is 21.8 Å². The summed E-state index contributed by atoms with van der Waals surface area (Å²) in [5.74, 6) is -0.441. The molecule has 0 aliphatic rings. The zero-order valence-electron chi connectivity index (χ0n) is 14.1. The van der Waals surface area contributed by atoms with E-state index in [-0.39, 0.29) is 11.3 Å². The van der Waals surface area contributed by atoms with E-state index in [1.165, 1.54) is 4.68 Å². The predicted molar refractivity (Wildman–Crippen MR) is 107 cm³/mol. The van der Waals surface area contributed by atoms with Gasteiger partial charge in [-0.2, -0.15) is 9.78 Å². The van der Waals surface area contributed by atoms with E-state index in [9.17, 15) is 9.59 Å². The molecule has 0 fully saturated rings. The van der Waals surface area contributed by atoms with Crippen LogP contribution in [-0.2, 0) is 0 Å². The van der Waals surface area contributed by atoms with E-state index in [0.29, 0.717) is 27.2 Å². The Morgan fingerprint density at radius 2 is 1.48 bits per heavy atom. The van der Waals surface area contributed by atoms with Gasteiger partial charge < -0.3 is 5.32 Å². The number of benzene rings is 3. The molecule has 1 amide bonds. The van der Waals surface area contributed by atoms with Gasteiger partial charge in [0.1, 0.15) is 0 Å². The molecule has 0 aliphatic carbocycles. The van der Waals surface area contributed by atoms with Crippen molar-refractivity contribution in [3.05, 3.63) is 99.9 Å². The topological polar surface area (TPSA) is 64.0 Å². The van der Waals surface area contributed by atoms with Gasteiger partial charge in [-0.15, -0.1) is 0 Å². The number of rotatable bonds is 3. The molecule has 27 heavy (non-hydrogen) atoms. The third-order valence-electron chi connectivity index (χ3n) is 4.14. The van der Waals surface area contributed by atoms with Gasteiger partial charge in [0.2, 0.25) is 0 Å². The minimum Gasteiger partial charge on any atom is -0.319 e. The lowest BCUT2D eigenvalue weighted by Crippen LogP contribution is -2.26.